The number of methoxy groups -OCH3 is 1. The summed E-state index contributed by atoms with van der Waals surface area (Å²) >= 11 is 0. The Morgan fingerprint density at radius 2 is 2.24 bits per heavy atom. The monoisotopic (exact) mass is 246 g/mol. The number of rotatable bonds is 5. The van der Waals surface area contributed by atoms with Crippen molar-refractivity contribution in [2.45, 2.75) is 57.8 Å². The van der Waals surface area contributed by atoms with Gasteiger partial charge in [0.05, 0.1) is 6.10 Å². The maximum absolute atomic E-state index is 10.9. The van der Waals surface area contributed by atoms with Gasteiger partial charge in [-0.2, -0.15) is 0 Å². The van der Waals surface area contributed by atoms with Crippen molar-refractivity contribution in [3.63, 3.8) is 0 Å². The van der Waals surface area contributed by atoms with Gasteiger partial charge in [0, 0.05) is 26.4 Å². The van der Waals surface area contributed by atoms with E-state index in [-0.39, 0.29) is 18.0 Å². The molecule has 0 radical (unpaired) electrons. The van der Waals surface area contributed by atoms with Crippen LogP contribution in [0.5, 0.6) is 0 Å². The number of ether oxygens (including phenoxy) is 2. The second-order valence-corrected chi connectivity index (χ2v) is 4.71. The van der Waals surface area contributed by atoms with Gasteiger partial charge in [-0.1, -0.05) is 6.42 Å². The molecule has 0 amide bonds. The second-order valence-electron chi connectivity index (χ2n) is 4.71. The Kier molecular flexibility index (Phi) is 5.36. The Bertz CT molecular complexity index is 249. The number of hydrogen-bond donors (Lipinski definition) is 1. The summed E-state index contributed by atoms with van der Waals surface area (Å²) in [6.07, 6.45) is 4.05. The van der Waals surface area contributed by atoms with E-state index in [4.69, 9.17) is 14.7 Å². The van der Waals surface area contributed by atoms with Crippen LogP contribution in [0.15, 0.2) is 0 Å². The predicted octanol–water partition coefficient (Wildman–Crippen LogP) is 2.35. The zero-order valence-electron chi connectivity index (χ0n) is 10.8. The van der Waals surface area contributed by atoms with Crippen molar-refractivity contribution >= 4 is 5.97 Å². The van der Waals surface area contributed by atoms with E-state index in [1.807, 2.05) is 6.92 Å². The summed E-state index contributed by atoms with van der Waals surface area (Å²) in [7, 11) is 1.53. The molecule has 0 aliphatic heterocycles. The minimum atomic E-state index is -0.938. The summed E-state index contributed by atoms with van der Waals surface area (Å²) in [6.45, 7) is 3.23. The Morgan fingerprint density at radius 1 is 1.53 bits per heavy atom. The molecule has 3 atom stereocenters. The van der Waals surface area contributed by atoms with Crippen LogP contribution in [0.4, 0.5) is 0 Å². The maximum atomic E-state index is 10.9. The van der Waals surface area contributed by atoms with Gasteiger partial charge in [0.2, 0.25) is 5.79 Å². The van der Waals surface area contributed by atoms with Crippen LogP contribution in [-0.2, 0) is 19.2 Å². The molecule has 0 aromatic rings. The summed E-state index contributed by atoms with van der Waals surface area (Å²) < 4.78 is 10.4. The van der Waals surface area contributed by atoms with Crippen molar-refractivity contribution in [3.8, 4) is 0 Å². The summed E-state index contributed by atoms with van der Waals surface area (Å²) in [4.78, 5) is 15.4. The Balaban J connectivity index is 2.62. The lowest BCUT2D eigenvalue weighted by Gasteiger charge is -2.40. The highest BCUT2D eigenvalue weighted by Gasteiger charge is 2.43. The van der Waals surface area contributed by atoms with Crippen molar-refractivity contribution in [1.82, 2.24) is 0 Å². The van der Waals surface area contributed by atoms with Gasteiger partial charge in [0.25, 0.3) is 0 Å². The van der Waals surface area contributed by atoms with E-state index in [9.17, 15) is 4.79 Å². The molecule has 0 heterocycles. The molecule has 17 heavy (non-hydrogen) atoms. The maximum Gasteiger partial charge on any atom is 0.302 e. The fraction of sp³-hybridized carbons (Fsp3) is 0.917. The highest BCUT2D eigenvalue weighted by atomic mass is 17.1. The van der Waals surface area contributed by atoms with Gasteiger partial charge in [0.1, 0.15) is 0 Å². The lowest BCUT2D eigenvalue weighted by Crippen LogP contribution is -2.45. The average Bonchev–Trinajstić information content (AvgIpc) is 2.29. The first-order valence-electron chi connectivity index (χ1n) is 6.09. The summed E-state index contributed by atoms with van der Waals surface area (Å²) in [5, 5.41) is 9.07. The highest BCUT2D eigenvalue weighted by molar-refractivity contribution is 5.66. The number of carbonyl (C=O) groups excluding carboxylic acids is 1. The molecular formula is C12H22O5. The molecule has 1 saturated carbocycles. The molecule has 0 bridgehead atoms. The van der Waals surface area contributed by atoms with E-state index in [0.29, 0.717) is 12.8 Å². The number of esters is 1. The van der Waals surface area contributed by atoms with Gasteiger partial charge in [-0.25, -0.2) is 10.1 Å². The molecule has 1 aliphatic rings. The van der Waals surface area contributed by atoms with Crippen LogP contribution in [-0.4, -0.2) is 30.2 Å². The molecule has 0 aromatic carbocycles. The van der Waals surface area contributed by atoms with Crippen molar-refractivity contribution in [2.24, 2.45) is 5.92 Å². The number of carbonyl (C=O) groups is 1. The van der Waals surface area contributed by atoms with E-state index in [1.54, 1.807) is 0 Å². The number of hydrogen-bond acceptors (Lipinski definition) is 5. The van der Waals surface area contributed by atoms with Crippen LogP contribution in [0.1, 0.15) is 46.0 Å². The largest absolute Gasteiger partial charge is 0.463 e. The molecule has 3 unspecified atom stereocenters. The molecular weight excluding hydrogens is 224 g/mol. The highest BCUT2D eigenvalue weighted by Crippen LogP contribution is 2.39. The van der Waals surface area contributed by atoms with Gasteiger partial charge in [-0.15, -0.1) is 0 Å². The first-order chi connectivity index (χ1) is 8.04. The molecule has 0 spiro atoms. The van der Waals surface area contributed by atoms with E-state index in [2.05, 4.69) is 4.89 Å². The molecule has 0 saturated heterocycles. The fourth-order valence-corrected chi connectivity index (χ4v) is 2.64. The molecule has 0 aromatic heterocycles. The fourth-order valence-electron chi connectivity index (χ4n) is 2.64. The van der Waals surface area contributed by atoms with Crippen LogP contribution in [0, 0.1) is 5.92 Å². The molecule has 1 N–H and O–H groups in total. The van der Waals surface area contributed by atoms with Gasteiger partial charge in [0.15, 0.2) is 0 Å². The molecule has 5 heteroatoms. The zero-order chi connectivity index (χ0) is 12.9. The minimum absolute atomic E-state index is 0.0422. The van der Waals surface area contributed by atoms with E-state index >= 15 is 0 Å². The van der Waals surface area contributed by atoms with Gasteiger partial charge < -0.3 is 9.47 Å². The van der Waals surface area contributed by atoms with Crippen LogP contribution < -0.4 is 0 Å². The third-order valence-corrected chi connectivity index (χ3v) is 3.43. The quantitative estimate of drug-likeness (QED) is 0.349. The van der Waals surface area contributed by atoms with Crippen molar-refractivity contribution in [2.75, 3.05) is 7.11 Å². The average molecular weight is 246 g/mol. The van der Waals surface area contributed by atoms with Crippen LogP contribution in [0.25, 0.3) is 0 Å². The molecule has 1 fully saturated rings. The van der Waals surface area contributed by atoms with Gasteiger partial charge >= 0.3 is 5.97 Å². The second kappa shape index (κ2) is 6.33. The third kappa shape index (κ3) is 3.66. The predicted molar refractivity (Wildman–Crippen MR) is 61.3 cm³/mol. The van der Waals surface area contributed by atoms with Crippen LogP contribution in [0.2, 0.25) is 0 Å². The van der Waals surface area contributed by atoms with E-state index in [0.717, 1.165) is 19.3 Å². The topological polar surface area (TPSA) is 65.0 Å². The first-order valence-corrected chi connectivity index (χ1v) is 6.09. The van der Waals surface area contributed by atoms with Crippen LogP contribution in [0.3, 0.4) is 0 Å². The van der Waals surface area contributed by atoms with Crippen molar-refractivity contribution in [3.05, 3.63) is 0 Å². The Hall–Kier alpha value is -0.650. The van der Waals surface area contributed by atoms with Crippen molar-refractivity contribution in [1.29, 1.82) is 0 Å². The Morgan fingerprint density at radius 3 is 2.76 bits per heavy atom. The van der Waals surface area contributed by atoms with E-state index < -0.39 is 5.79 Å². The SMILES string of the molecule is COC1(OO)CCCCC1CC(C)OC(C)=O. The zero-order valence-corrected chi connectivity index (χ0v) is 10.8. The first kappa shape index (κ1) is 14.4. The lowest BCUT2D eigenvalue weighted by atomic mass is 9.80. The third-order valence-electron chi connectivity index (χ3n) is 3.43. The summed E-state index contributed by atoms with van der Waals surface area (Å²) in [5.41, 5.74) is 0. The van der Waals surface area contributed by atoms with Gasteiger partial charge in [-0.05, 0) is 26.2 Å². The molecule has 100 valence electrons. The Labute approximate surface area is 102 Å². The van der Waals surface area contributed by atoms with Crippen LogP contribution >= 0.6 is 0 Å². The lowest BCUT2D eigenvalue weighted by molar-refractivity contribution is -0.423. The summed E-state index contributed by atoms with van der Waals surface area (Å²) in [5.74, 6) is -1.19. The van der Waals surface area contributed by atoms with E-state index in [1.165, 1.54) is 14.0 Å². The van der Waals surface area contributed by atoms with Crippen molar-refractivity contribution < 1.29 is 24.4 Å². The van der Waals surface area contributed by atoms with Gasteiger partial charge in [-0.3, -0.25) is 4.79 Å². The normalized spacial score (nSPS) is 30.9. The smallest absolute Gasteiger partial charge is 0.302 e. The minimum Gasteiger partial charge on any atom is -0.463 e. The molecule has 5 nitrogen and oxygen atoms in total. The molecule has 1 rings (SSSR count). The molecule has 1 aliphatic carbocycles. The summed E-state index contributed by atoms with van der Waals surface area (Å²) in [6, 6.07) is 0. The standard InChI is InChI=1S/C12H22O5/c1-9(16-10(2)13)8-11-6-4-5-7-12(11,15-3)17-14/h9,11,14H,4-8H2,1-3H3.